The minimum Gasteiger partial charge on any atom is -0.490 e. The van der Waals surface area contributed by atoms with Gasteiger partial charge in [-0.1, -0.05) is 32.4 Å². The van der Waals surface area contributed by atoms with Crippen molar-refractivity contribution in [3.63, 3.8) is 0 Å². The van der Waals surface area contributed by atoms with Crippen molar-refractivity contribution in [2.75, 3.05) is 45.0 Å². The molecule has 29 heavy (non-hydrogen) atoms. The van der Waals surface area contributed by atoms with Crippen LogP contribution in [0.4, 0.5) is 5.69 Å². The van der Waals surface area contributed by atoms with E-state index >= 15 is 0 Å². The van der Waals surface area contributed by atoms with E-state index in [2.05, 4.69) is 5.32 Å². The van der Waals surface area contributed by atoms with Gasteiger partial charge in [-0.05, 0) is 13.8 Å². The van der Waals surface area contributed by atoms with E-state index in [0.29, 0.717) is 61.9 Å². The van der Waals surface area contributed by atoms with Gasteiger partial charge in [0.2, 0.25) is 5.91 Å². The van der Waals surface area contributed by atoms with E-state index < -0.39 is 11.3 Å². The van der Waals surface area contributed by atoms with Gasteiger partial charge in [0.05, 0.1) is 30.3 Å². The standard InChI is InChI=1S/C21H32ClNO6/c1-6-26-8-10-28-17-13-16(23-20(25)14-19(24)21(3,4)5)18(12-15(17)22)29-11-9-27-7-2/h12-13H,6-11,14H2,1-5H3,(H,23,25). The lowest BCUT2D eigenvalue weighted by molar-refractivity contribution is -0.130. The molecule has 0 unspecified atom stereocenters. The van der Waals surface area contributed by atoms with Gasteiger partial charge in [0, 0.05) is 30.8 Å². The number of rotatable bonds is 13. The van der Waals surface area contributed by atoms with E-state index in [1.54, 1.807) is 32.9 Å². The zero-order chi connectivity index (χ0) is 21.9. The molecule has 0 aliphatic rings. The SMILES string of the molecule is CCOCCOc1cc(NC(=O)CC(=O)C(C)(C)C)c(OCCOCC)cc1Cl. The van der Waals surface area contributed by atoms with Gasteiger partial charge in [-0.25, -0.2) is 0 Å². The van der Waals surface area contributed by atoms with Crippen LogP contribution < -0.4 is 14.8 Å². The van der Waals surface area contributed by atoms with Crippen LogP contribution in [0.3, 0.4) is 0 Å². The Labute approximate surface area is 178 Å². The van der Waals surface area contributed by atoms with Crippen molar-refractivity contribution >= 4 is 29.0 Å². The number of anilines is 1. The number of halogens is 1. The fourth-order valence-electron chi connectivity index (χ4n) is 2.18. The number of Topliss-reactive ketones (excluding diaryl/α,β-unsaturated/α-hetero) is 1. The van der Waals surface area contributed by atoms with E-state index in [9.17, 15) is 9.59 Å². The molecule has 0 aromatic heterocycles. The second kappa shape index (κ2) is 12.7. The fourth-order valence-corrected chi connectivity index (χ4v) is 2.39. The molecule has 0 aliphatic carbocycles. The molecule has 0 bridgehead atoms. The fraction of sp³-hybridized carbons (Fsp3) is 0.619. The molecule has 0 fully saturated rings. The van der Waals surface area contributed by atoms with Crippen molar-refractivity contribution in [2.45, 2.75) is 41.0 Å². The van der Waals surface area contributed by atoms with Crippen LogP contribution in [0.2, 0.25) is 5.02 Å². The van der Waals surface area contributed by atoms with Gasteiger partial charge in [0.1, 0.15) is 30.5 Å². The van der Waals surface area contributed by atoms with E-state index in [1.807, 2.05) is 13.8 Å². The van der Waals surface area contributed by atoms with Gasteiger partial charge < -0.3 is 24.3 Å². The van der Waals surface area contributed by atoms with Gasteiger partial charge in [-0.2, -0.15) is 0 Å². The van der Waals surface area contributed by atoms with Crippen molar-refractivity contribution < 1.29 is 28.5 Å². The predicted molar refractivity (Wildman–Crippen MR) is 113 cm³/mol. The number of ketones is 1. The van der Waals surface area contributed by atoms with Crippen LogP contribution in [0.25, 0.3) is 0 Å². The molecule has 1 aromatic carbocycles. The quantitative estimate of drug-likeness (QED) is 0.375. The monoisotopic (exact) mass is 429 g/mol. The van der Waals surface area contributed by atoms with Crippen molar-refractivity contribution in [1.29, 1.82) is 0 Å². The summed E-state index contributed by atoms with van der Waals surface area (Å²) in [5.74, 6) is 0.183. The van der Waals surface area contributed by atoms with Gasteiger partial charge in [0.25, 0.3) is 0 Å². The van der Waals surface area contributed by atoms with Gasteiger partial charge in [-0.3, -0.25) is 9.59 Å². The first-order valence-electron chi connectivity index (χ1n) is 9.76. The van der Waals surface area contributed by atoms with E-state index in [0.717, 1.165) is 0 Å². The summed E-state index contributed by atoms with van der Waals surface area (Å²) < 4.78 is 21.9. The molecule has 8 heteroatoms. The lowest BCUT2D eigenvalue weighted by Crippen LogP contribution is -2.26. The summed E-state index contributed by atoms with van der Waals surface area (Å²) in [6, 6.07) is 3.16. The molecule has 1 aromatic rings. The number of hydrogen-bond acceptors (Lipinski definition) is 6. The lowest BCUT2D eigenvalue weighted by atomic mass is 9.89. The Morgan fingerprint density at radius 1 is 0.931 bits per heavy atom. The van der Waals surface area contributed by atoms with Crippen LogP contribution in [0, 0.1) is 5.41 Å². The number of carbonyl (C=O) groups is 2. The summed E-state index contributed by atoms with van der Waals surface area (Å²) >= 11 is 6.29. The van der Waals surface area contributed by atoms with E-state index in [4.69, 9.17) is 30.5 Å². The molecule has 0 heterocycles. The van der Waals surface area contributed by atoms with Crippen LogP contribution in [0.1, 0.15) is 41.0 Å². The van der Waals surface area contributed by atoms with Gasteiger partial charge >= 0.3 is 0 Å². The third-order valence-corrected chi connectivity index (χ3v) is 4.14. The lowest BCUT2D eigenvalue weighted by Gasteiger charge is -2.18. The molecule has 0 spiro atoms. The van der Waals surface area contributed by atoms with Gasteiger partial charge in [0.15, 0.2) is 0 Å². The predicted octanol–water partition coefficient (Wildman–Crippen LogP) is 4.11. The van der Waals surface area contributed by atoms with E-state index in [-0.39, 0.29) is 12.2 Å². The Bertz CT molecular complexity index is 672. The van der Waals surface area contributed by atoms with Crippen molar-refractivity contribution in [3.05, 3.63) is 17.2 Å². The number of nitrogens with one attached hydrogen (secondary N) is 1. The minimum atomic E-state index is -0.596. The van der Waals surface area contributed by atoms with Crippen LogP contribution >= 0.6 is 11.6 Å². The number of benzene rings is 1. The Balaban J connectivity index is 2.94. The largest absolute Gasteiger partial charge is 0.490 e. The minimum absolute atomic E-state index is 0.157. The molecule has 0 radical (unpaired) electrons. The molecular weight excluding hydrogens is 398 g/mol. The molecule has 0 aliphatic heterocycles. The van der Waals surface area contributed by atoms with E-state index in [1.165, 1.54) is 0 Å². The Kier molecular flexibility index (Phi) is 11.0. The molecule has 1 rings (SSSR count). The second-order valence-electron chi connectivity index (χ2n) is 7.27. The summed E-state index contributed by atoms with van der Waals surface area (Å²) in [7, 11) is 0. The summed E-state index contributed by atoms with van der Waals surface area (Å²) in [6.07, 6.45) is -0.231. The highest BCUT2D eigenvalue weighted by atomic mass is 35.5. The molecule has 0 saturated heterocycles. The molecule has 0 atom stereocenters. The van der Waals surface area contributed by atoms with Gasteiger partial charge in [-0.15, -0.1) is 0 Å². The summed E-state index contributed by atoms with van der Waals surface area (Å²) in [4.78, 5) is 24.5. The highest BCUT2D eigenvalue weighted by Crippen LogP contribution is 2.36. The maximum Gasteiger partial charge on any atom is 0.231 e. The smallest absolute Gasteiger partial charge is 0.231 e. The van der Waals surface area contributed by atoms with Crippen LogP contribution in [0.15, 0.2) is 12.1 Å². The number of amides is 1. The third-order valence-electron chi connectivity index (χ3n) is 3.84. The van der Waals surface area contributed by atoms with Crippen molar-refractivity contribution in [2.24, 2.45) is 5.41 Å². The Morgan fingerprint density at radius 3 is 2.00 bits per heavy atom. The summed E-state index contributed by atoms with van der Waals surface area (Å²) in [5.41, 5.74) is -0.217. The molecule has 0 saturated carbocycles. The second-order valence-corrected chi connectivity index (χ2v) is 7.67. The van der Waals surface area contributed by atoms with Crippen LogP contribution in [-0.2, 0) is 19.1 Å². The first-order chi connectivity index (χ1) is 13.7. The average Bonchev–Trinajstić information content (AvgIpc) is 2.64. The first kappa shape index (κ1) is 25.2. The van der Waals surface area contributed by atoms with Crippen molar-refractivity contribution in [1.82, 2.24) is 0 Å². The van der Waals surface area contributed by atoms with Crippen LogP contribution in [-0.4, -0.2) is 51.3 Å². The highest BCUT2D eigenvalue weighted by molar-refractivity contribution is 6.32. The Hall–Kier alpha value is -1.83. The Morgan fingerprint density at radius 2 is 1.48 bits per heavy atom. The molecular formula is C21H32ClNO6. The zero-order valence-corrected chi connectivity index (χ0v) is 18.7. The topological polar surface area (TPSA) is 83.1 Å². The molecule has 1 N–H and O–H groups in total. The normalized spacial score (nSPS) is 11.2. The highest BCUT2D eigenvalue weighted by Gasteiger charge is 2.24. The summed E-state index contributed by atoms with van der Waals surface area (Å²) in [5, 5.41) is 3.07. The molecule has 7 nitrogen and oxygen atoms in total. The van der Waals surface area contributed by atoms with Crippen LogP contribution in [0.5, 0.6) is 11.5 Å². The maximum atomic E-state index is 12.4. The first-order valence-corrected chi connectivity index (χ1v) is 10.1. The van der Waals surface area contributed by atoms with Crippen molar-refractivity contribution in [3.8, 4) is 11.5 Å². The zero-order valence-electron chi connectivity index (χ0n) is 17.9. The maximum absolute atomic E-state index is 12.4. The third kappa shape index (κ3) is 9.47. The molecule has 1 amide bonds. The number of hydrogen-bond donors (Lipinski definition) is 1. The summed E-state index contributed by atoms with van der Waals surface area (Å²) in [6.45, 7) is 11.7. The molecule has 164 valence electrons. The average molecular weight is 430 g/mol. The number of carbonyl (C=O) groups excluding carboxylic acids is 2. The number of ether oxygens (including phenoxy) is 4.